The molecule has 1 unspecified atom stereocenters. The van der Waals surface area contributed by atoms with Crippen LogP contribution in [0.25, 0.3) is 0 Å². The third kappa shape index (κ3) is 2.74. The molecule has 0 fully saturated rings. The number of thiazole rings is 1. The predicted molar refractivity (Wildman–Crippen MR) is 74.4 cm³/mol. The van der Waals surface area contributed by atoms with Gasteiger partial charge in [-0.1, -0.05) is 0 Å². The van der Waals surface area contributed by atoms with Crippen molar-refractivity contribution in [1.82, 2.24) is 10.4 Å². The number of aromatic nitrogens is 1. The molecule has 0 aliphatic rings. The second kappa shape index (κ2) is 5.27. The maximum atomic E-state index is 5.66. The fourth-order valence-corrected chi connectivity index (χ4v) is 3.67. The quantitative estimate of drug-likeness (QED) is 0.661. The highest BCUT2D eigenvalue weighted by Gasteiger charge is 2.16. The minimum absolute atomic E-state index is 0.159. The molecule has 0 aliphatic carbocycles. The third-order valence-electron chi connectivity index (χ3n) is 2.92. The van der Waals surface area contributed by atoms with Crippen LogP contribution in [-0.4, -0.2) is 4.98 Å². The summed E-state index contributed by atoms with van der Waals surface area (Å²) in [5, 5.41) is 5.46. The normalized spacial score (nSPS) is 12.9. The van der Waals surface area contributed by atoms with Crippen LogP contribution in [0.5, 0.6) is 0 Å². The molecule has 2 heterocycles. The van der Waals surface area contributed by atoms with Gasteiger partial charge in [-0.05, 0) is 42.7 Å². The summed E-state index contributed by atoms with van der Waals surface area (Å²) in [6, 6.07) is 0.159. The molecular weight excluding hydrogens is 250 g/mol. The van der Waals surface area contributed by atoms with Crippen molar-refractivity contribution in [3.63, 3.8) is 0 Å². The lowest BCUT2D eigenvalue weighted by molar-refractivity contribution is 0.549. The molecule has 0 spiro atoms. The molecule has 3 nitrogen and oxygen atoms in total. The summed E-state index contributed by atoms with van der Waals surface area (Å²) < 4.78 is 0. The van der Waals surface area contributed by atoms with Gasteiger partial charge in [0.05, 0.1) is 16.7 Å². The van der Waals surface area contributed by atoms with Crippen molar-refractivity contribution in [2.75, 3.05) is 0 Å². The highest BCUT2D eigenvalue weighted by molar-refractivity contribution is 7.11. The van der Waals surface area contributed by atoms with Gasteiger partial charge in [0.1, 0.15) is 0 Å². The number of nitrogens with two attached hydrogens (primary N) is 1. The number of hydrogen-bond donors (Lipinski definition) is 2. The topological polar surface area (TPSA) is 50.9 Å². The molecule has 2 aromatic rings. The summed E-state index contributed by atoms with van der Waals surface area (Å²) in [7, 11) is 0. The molecule has 0 radical (unpaired) electrons. The fourth-order valence-electron chi connectivity index (χ4n) is 1.79. The number of hydrogen-bond acceptors (Lipinski definition) is 5. The largest absolute Gasteiger partial charge is 0.271 e. The van der Waals surface area contributed by atoms with Crippen molar-refractivity contribution in [3.05, 3.63) is 37.5 Å². The number of hydrazine groups is 1. The minimum Gasteiger partial charge on any atom is -0.271 e. The van der Waals surface area contributed by atoms with Crippen molar-refractivity contribution in [2.45, 2.75) is 33.2 Å². The van der Waals surface area contributed by atoms with Crippen LogP contribution < -0.4 is 11.3 Å². The zero-order valence-corrected chi connectivity index (χ0v) is 11.9. The van der Waals surface area contributed by atoms with Gasteiger partial charge in [-0.2, -0.15) is 11.3 Å². The highest BCUT2D eigenvalue weighted by atomic mass is 32.1. The summed E-state index contributed by atoms with van der Waals surface area (Å²) >= 11 is 3.47. The van der Waals surface area contributed by atoms with Crippen LogP contribution in [0.1, 0.15) is 32.7 Å². The van der Waals surface area contributed by atoms with E-state index >= 15 is 0 Å². The molecule has 0 amide bonds. The van der Waals surface area contributed by atoms with Gasteiger partial charge in [0, 0.05) is 11.3 Å². The lowest BCUT2D eigenvalue weighted by Gasteiger charge is -2.14. The average molecular weight is 267 g/mol. The van der Waals surface area contributed by atoms with Crippen LogP contribution >= 0.6 is 22.7 Å². The van der Waals surface area contributed by atoms with Gasteiger partial charge in [0.15, 0.2) is 0 Å². The smallest absolute Gasteiger partial charge is 0.0950 e. The Kier molecular flexibility index (Phi) is 3.93. The van der Waals surface area contributed by atoms with Gasteiger partial charge in [0.25, 0.3) is 0 Å². The Balaban J connectivity index is 2.18. The van der Waals surface area contributed by atoms with E-state index in [1.807, 2.05) is 0 Å². The summed E-state index contributed by atoms with van der Waals surface area (Å²) in [5.74, 6) is 5.66. The number of nitrogens with one attached hydrogen (secondary N) is 1. The number of thiophene rings is 1. The highest BCUT2D eigenvalue weighted by Crippen LogP contribution is 2.26. The summed E-state index contributed by atoms with van der Waals surface area (Å²) in [6.45, 7) is 6.28. The van der Waals surface area contributed by atoms with E-state index in [-0.39, 0.29) is 6.04 Å². The summed E-state index contributed by atoms with van der Waals surface area (Å²) in [5.41, 5.74) is 6.60. The number of aryl methyl sites for hydroxylation is 3. The Hall–Kier alpha value is -0.750. The Bertz CT molecular complexity index is 482. The van der Waals surface area contributed by atoms with Crippen LogP contribution in [0.3, 0.4) is 0 Å². The fraction of sp³-hybridized carbons (Fsp3) is 0.417. The standard InChI is InChI=1S/C12H17N3S2/c1-7-5-16-6-10(7)11(15-13)4-12-14-8(2)9(3)17-12/h5-6,11,15H,4,13H2,1-3H3. The molecule has 0 saturated carbocycles. The molecular formula is C12H17N3S2. The molecule has 0 bridgehead atoms. The van der Waals surface area contributed by atoms with Gasteiger partial charge in [-0.15, -0.1) is 11.3 Å². The van der Waals surface area contributed by atoms with Crippen LogP contribution in [0.2, 0.25) is 0 Å². The Morgan fingerprint density at radius 1 is 1.35 bits per heavy atom. The minimum atomic E-state index is 0.159. The molecule has 0 aromatic carbocycles. The Labute approximate surface area is 110 Å². The number of rotatable bonds is 4. The van der Waals surface area contributed by atoms with Gasteiger partial charge in [-0.25, -0.2) is 4.98 Å². The SMILES string of the molecule is Cc1cscc1C(Cc1nc(C)c(C)s1)NN. The van der Waals surface area contributed by atoms with Crippen molar-refractivity contribution in [1.29, 1.82) is 0 Å². The summed E-state index contributed by atoms with van der Waals surface area (Å²) in [6.07, 6.45) is 0.855. The first-order chi connectivity index (χ1) is 8.11. The van der Waals surface area contributed by atoms with E-state index in [0.29, 0.717) is 0 Å². The molecule has 1 atom stereocenters. The van der Waals surface area contributed by atoms with E-state index < -0.39 is 0 Å². The zero-order valence-electron chi connectivity index (χ0n) is 10.3. The van der Waals surface area contributed by atoms with E-state index in [4.69, 9.17) is 5.84 Å². The van der Waals surface area contributed by atoms with Gasteiger partial charge in [0.2, 0.25) is 0 Å². The maximum absolute atomic E-state index is 5.66. The first-order valence-corrected chi connectivity index (χ1v) is 7.29. The van der Waals surface area contributed by atoms with Gasteiger partial charge >= 0.3 is 0 Å². The molecule has 0 saturated heterocycles. The average Bonchev–Trinajstić information content (AvgIpc) is 2.83. The van der Waals surface area contributed by atoms with E-state index in [1.165, 1.54) is 16.0 Å². The van der Waals surface area contributed by atoms with Crippen LogP contribution in [0, 0.1) is 20.8 Å². The summed E-state index contributed by atoms with van der Waals surface area (Å²) in [4.78, 5) is 5.85. The molecule has 2 rings (SSSR count). The van der Waals surface area contributed by atoms with Crippen molar-refractivity contribution < 1.29 is 0 Å². The molecule has 17 heavy (non-hydrogen) atoms. The monoisotopic (exact) mass is 267 g/mol. The van der Waals surface area contributed by atoms with E-state index in [1.54, 1.807) is 22.7 Å². The van der Waals surface area contributed by atoms with E-state index in [0.717, 1.165) is 17.1 Å². The second-order valence-electron chi connectivity index (χ2n) is 4.18. The Morgan fingerprint density at radius 3 is 2.59 bits per heavy atom. The first kappa shape index (κ1) is 12.7. The van der Waals surface area contributed by atoms with E-state index in [9.17, 15) is 0 Å². The van der Waals surface area contributed by atoms with E-state index in [2.05, 4.69) is 41.9 Å². The van der Waals surface area contributed by atoms with Crippen LogP contribution in [0.4, 0.5) is 0 Å². The predicted octanol–water partition coefficient (Wildman–Crippen LogP) is 2.88. The second-order valence-corrected chi connectivity index (χ2v) is 6.21. The lowest BCUT2D eigenvalue weighted by atomic mass is 10.0. The third-order valence-corrected chi connectivity index (χ3v) is 4.90. The molecule has 2 aromatic heterocycles. The molecule has 3 N–H and O–H groups in total. The molecule has 0 aliphatic heterocycles. The zero-order chi connectivity index (χ0) is 12.4. The van der Waals surface area contributed by atoms with Crippen molar-refractivity contribution in [3.8, 4) is 0 Å². The molecule has 92 valence electrons. The lowest BCUT2D eigenvalue weighted by Crippen LogP contribution is -2.29. The molecule has 5 heteroatoms. The van der Waals surface area contributed by atoms with Gasteiger partial charge in [-0.3, -0.25) is 11.3 Å². The van der Waals surface area contributed by atoms with Crippen LogP contribution in [-0.2, 0) is 6.42 Å². The Morgan fingerprint density at radius 2 is 2.12 bits per heavy atom. The van der Waals surface area contributed by atoms with Crippen molar-refractivity contribution >= 4 is 22.7 Å². The number of nitrogens with zero attached hydrogens (tertiary/aromatic N) is 1. The maximum Gasteiger partial charge on any atom is 0.0950 e. The van der Waals surface area contributed by atoms with Gasteiger partial charge < -0.3 is 0 Å². The van der Waals surface area contributed by atoms with Crippen molar-refractivity contribution in [2.24, 2.45) is 5.84 Å². The van der Waals surface area contributed by atoms with Crippen LogP contribution in [0.15, 0.2) is 10.8 Å². The first-order valence-electron chi connectivity index (χ1n) is 5.53.